The van der Waals surface area contributed by atoms with Crippen molar-refractivity contribution in [3.05, 3.63) is 0 Å². The van der Waals surface area contributed by atoms with E-state index in [0.717, 1.165) is 0 Å². The summed E-state index contributed by atoms with van der Waals surface area (Å²) < 4.78 is 205. The predicted octanol–water partition coefficient (Wildman–Crippen LogP) is 2.75. The van der Waals surface area contributed by atoms with Crippen molar-refractivity contribution in [2.24, 2.45) is 0 Å². The average Bonchev–Trinajstić information content (AvgIpc) is 2.50. The summed E-state index contributed by atoms with van der Waals surface area (Å²) in [6.45, 7) is -1.29. The van der Waals surface area contributed by atoms with Gasteiger partial charge in [0.25, 0.3) is 0 Å². The van der Waals surface area contributed by atoms with Gasteiger partial charge in [0, 0.05) is 3.39 Å². The molecule has 0 spiro atoms. The molecular weight excluding hydrogens is 544 g/mol. The summed E-state index contributed by atoms with van der Waals surface area (Å²) >= 11 is 0. The summed E-state index contributed by atoms with van der Waals surface area (Å²) in [5.41, 5.74) is -6.83. The number of sulfonamides is 2. The van der Waals surface area contributed by atoms with Gasteiger partial charge in [-0.25, -0.2) is 0 Å². The zero-order valence-electron chi connectivity index (χ0n) is 16.7. The van der Waals surface area contributed by atoms with Crippen molar-refractivity contribution in [2.75, 3.05) is 34.3 Å². The van der Waals surface area contributed by atoms with Crippen LogP contribution >= 0.6 is 0 Å². The first kappa shape index (κ1) is 31.5. The van der Waals surface area contributed by atoms with E-state index in [1.807, 2.05) is 0 Å². The third-order valence-corrected chi connectivity index (χ3v) is 7.55. The zero-order chi connectivity index (χ0) is 27.3. The summed E-state index contributed by atoms with van der Waals surface area (Å²) in [5, 5.41) is -7.75. The summed E-state index contributed by atoms with van der Waals surface area (Å²) in [7, 11) is -11.7. The minimum absolute atomic E-state index is 0.0629. The van der Waals surface area contributed by atoms with E-state index in [0.29, 0.717) is 0 Å². The molecule has 0 fully saturated rings. The molecule has 0 aliphatic heterocycles. The summed E-state index contributed by atoms with van der Waals surface area (Å²) in [4.78, 5) is 0. The Bertz CT molecular complexity index is 976. The van der Waals surface area contributed by atoms with Crippen LogP contribution in [0.25, 0.3) is 0 Å². The lowest BCUT2D eigenvalue weighted by Gasteiger charge is -2.31. The van der Waals surface area contributed by atoms with Gasteiger partial charge in [-0.2, -0.15) is 69.5 Å². The van der Waals surface area contributed by atoms with Crippen LogP contribution < -0.4 is 0 Å². The van der Waals surface area contributed by atoms with E-state index in [1.54, 1.807) is 0 Å². The van der Waals surface area contributed by atoms with Crippen molar-refractivity contribution < 1.29 is 82.1 Å². The molecule has 0 heterocycles. The number of rotatable bonds is 8. The number of nitrogens with zero attached hydrogens (tertiary/aromatic N) is 2. The van der Waals surface area contributed by atoms with Crippen LogP contribution in [0.4, 0.5) is 52.7 Å². The second-order valence-electron chi connectivity index (χ2n) is 7.20. The van der Waals surface area contributed by atoms with Crippen LogP contribution in [0.2, 0.25) is 0 Å². The van der Waals surface area contributed by atoms with Crippen molar-refractivity contribution in [1.29, 1.82) is 0 Å². The fourth-order valence-corrected chi connectivity index (χ4v) is 4.91. The number of quaternary nitrogens is 1. The first-order valence-electron chi connectivity index (χ1n) is 7.83. The van der Waals surface area contributed by atoms with Gasteiger partial charge < -0.3 is 9.22 Å². The number of halogens is 12. The van der Waals surface area contributed by atoms with Gasteiger partial charge >= 0.3 is 54.7 Å². The maximum atomic E-state index is 14.0. The largest absolute Gasteiger partial charge is 0.561 e. The summed E-state index contributed by atoms with van der Waals surface area (Å²) in [6.07, 6.45) is -7.52. The Kier molecular flexibility index (Phi) is 8.22. The van der Waals surface area contributed by atoms with Crippen LogP contribution in [0, 0.1) is 0 Å². The number of likely N-dealkylation sites (N-methyl/N-ethyl adjacent to an activating group) is 1. The van der Waals surface area contributed by atoms with Gasteiger partial charge in [0.2, 0.25) is 0 Å². The molecule has 0 saturated heterocycles. The van der Waals surface area contributed by atoms with Gasteiger partial charge in [-0.05, 0) is 0 Å². The third kappa shape index (κ3) is 5.60. The van der Waals surface area contributed by atoms with Gasteiger partial charge in [0.1, 0.15) is 13.2 Å². The smallest absolute Gasteiger partial charge is 0.440 e. The maximum absolute atomic E-state index is 14.0. The molecule has 7 nitrogen and oxygen atoms in total. The molecule has 33 heavy (non-hydrogen) atoms. The number of hydrogen-bond acceptors (Lipinski definition) is 5. The molecule has 198 valence electrons. The molecule has 0 amide bonds. The number of alkyl halides is 12. The van der Waals surface area contributed by atoms with Crippen molar-refractivity contribution in [2.45, 2.75) is 35.7 Å². The van der Waals surface area contributed by atoms with Crippen LogP contribution in [0.1, 0.15) is 6.92 Å². The molecule has 0 unspecified atom stereocenters. The second kappa shape index (κ2) is 8.61. The Balaban J connectivity index is 7.15. The molecule has 0 N–H and O–H groups in total. The van der Waals surface area contributed by atoms with E-state index in [4.69, 9.17) is 0 Å². The highest BCUT2D eigenvalue weighted by atomic mass is 32.3. The molecule has 0 aromatic carbocycles. The minimum Gasteiger partial charge on any atom is -0.440 e. The van der Waals surface area contributed by atoms with Crippen LogP contribution in [-0.2, 0) is 24.8 Å². The topological polar surface area (TPSA) is 80.5 Å². The molecular formula is C12H16F12N2O5S2+2. The Morgan fingerprint density at radius 1 is 0.758 bits per heavy atom. The number of ether oxygens (including phenoxy) is 1. The second-order valence-corrected chi connectivity index (χ2v) is 11.0. The van der Waals surface area contributed by atoms with Crippen LogP contribution in [0.3, 0.4) is 0 Å². The lowest BCUT2D eigenvalue weighted by Crippen LogP contribution is -2.65. The standard InChI is InChI=1S/C12H16F12N2O5S2/c1-7(31-6-5-26(2,3)4)25(33(29,30)12(22,23)24)32(27,28)11(20,21)9(15,16)8(13,14)10(17,18)19/h5-6H2,1-4H3/q+2. The van der Waals surface area contributed by atoms with Crippen molar-refractivity contribution in [3.8, 4) is 0 Å². The van der Waals surface area contributed by atoms with Crippen molar-refractivity contribution >= 4 is 25.9 Å². The molecule has 0 radical (unpaired) electrons. The monoisotopic (exact) mass is 560 g/mol. The lowest BCUT2D eigenvalue weighted by molar-refractivity contribution is -0.870. The van der Waals surface area contributed by atoms with Gasteiger partial charge in [0.05, 0.1) is 28.1 Å². The van der Waals surface area contributed by atoms with Crippen LogP contribution in [-0.4, -0.2) is 93.7 Å². The molecule has 21 heteroatoms. The van der Waals surface area contributed by atoms with E-state index in [-0.39, 0.29) is 18.0 Å². The third-order valence-electron chi connectivity index (χ3n) is 3.50. The van der Waals surface area contributed by atoms with E-state index < -0.39 is 64.7 Å². The Morgan fingerprint density at radius 3 is 1.45 bits per heavy atom. The normalized spacial score (nSPS) is 16.5. The molecule has 0 aromatic heterocycles. The van der Waals surface area contributed by atoms with Crippen LogP contribution in [0.15, 0.2) is 0 Å². The van der Waals surface area contributed by atoms with E-state index >= 15 is 0 Å². The molecule has 0 rings (SSSR count). The fourth-order valence-electron chi connectivity index (χ4n) is 1.71. The maximum Gasteiger partial charge on any atom is 0.561 e. The van der Waals surface area contributed by atoms with E-state index in [2.05, 4.69) is 4.74 Å². The summed E-state index contributed by atoms with van der Waals surface area (Å²) in [6, 6.07) is 0. The highest BCUT2D eigenvalue weighted by Gasteiger charge is 2.89. The molecule has 0 saturated carbocycles. The van der Waals surface area contributed by atoms with Crippen LogP contribution in [0.5, 0.6) is 0 Å². The van der Waals surface area contributed by atoms with Gasteiger partial charge in [0.15, 0.2) is 0 Å². The highest BCUT2D eigenvalue weighted by molar-refractivity contribution is 7.98. The lowest BCUT2D eigenvalue weighted by atomic mass is 10.1. The first-order valence-corrected chi connectivity index (χ1v) is 10.7. The molecule has 0 aliphatic carbocycles. The SMILES string of the molecule is CC(OCC[N+](C)(C)C)=[N+](S(=O)(=O)C(F)(F)F)S(=O)(=O)C(F)(F)C(F)(F)C(F)(F)C(F)(F)F. The van der Waals surface area contributed by atoms with Gasteiger partial charge in [-0.15, -0.1) is 0 Å². The first-order chi connectivity index (χ1) is 14.0. The predicted molar refractivity (Wildman–Crippen MR) is 84.6 cm³/mol. The van der Waals surface area contributed by atoms with E-state index in [9.17, 15) is 69.5 Å². The zero-order valence-corrected chi connectivity index (χ0v) is 18.3. The highest BCUT2D eigenvalue weighted by Crippen LogP contribution is 2.55. The van der Waals surface area contributed by atoms with Crippen molar-refractivity contribution in [1.82, 2.24) is 0 Å². The fraction of sp³-hybridized carbons (Fsp3) is 0.917. The summed E-state index contributed by atoms with van der Waals surface area (Å²) in [5.74, 6) is -18.0. The average molecular weight is 560 g/mol. The van der Waals surface area contributed by atoms with E-state index in [1.165, 1.54) is 21.1 Å². The molecule has 0 atom stereocenters. The van der Waals surface area contributed by atoms with Gasteiger partial charge in [-0.3, -0.25) is 0 Å². The Morgan fingerprint density at radius 2 is 1.15 bits per heavy atom. The molecule has 0 aliphatic rings. The van der Waals surface area contributed by atoms with Gasteiger partial charge in [-0.1, -0.05) is 0 Å². The quantitative estimate of drug-likeness (QED) is 0.150. The molecule has 0 aromatic rings. The molecule has 0 bridgehead atoms. The number of hydrogen-bond donors (Lipinski definition) is 0. The Labute approximate surface area is 178 Å². The Hall–Kier alpha value is -1.51. The minimum atomic E-state index is -8.21. The van der Waals surface area contributed by atoms with Crippen molar-refractivity contribution in [3.63, 3.8) is 0 Å².